The molecule has 1 heterocycles. The zero-order valence-corrected chi connectivity index (χ0v) is 8.87. The van der Waals surface area contributed by atoms with Crippen molar-refractivity contribution in [2.75, 3.05) is 0 Å². The number of hydrogen-bond acceptors (Lipinski definition) is 3. The molecular weight excluding hydrogens is 204 g/mol. The molecule has 2 N–H and O–H groups in total. The molecule has 0 aliphatic rings. The number of nitrogens with zero attached hydrogens (tertiary/aromatic N) is 3. The van der Waals surface area contributed by atoms with Gasteiger partial charge in [-0.3, -0.25) is 4.79 Å². The van der Waals surface area contributed by atoms with Crippen LogP contribution in [-0.4, -0.2) is 20.7 Å². The predicted octanol–water partition coefficient (Wildman–Crippen LogP) is 0.986. The maximum absolute atomic E-state index is 11.1. The SMILES string of the molecule is CC(c1ccccc1)n1cnnc1C(N)=O. The van der Waals surface area contributed by atoms with Crippen LogP contribution in [0.2, 0.25) is 0 Å². The molecule has 1 aromatic heterocycles. The number of nitrogens with two attached hydrogens (primary N) is 1. The number of hydrogen-bond donors (Lipinski definition) is 1. The van der Waals surface area contributed by atoms with Crippen molar-refractivity contribution >= 4 is 5.91 Å². The van der Waals surface area contributed by atoms with Crippen LogP contribution in [-0.2, 0) is 0 Å². The lowest BCUT2D eigenvalue weighted by atomic mass is 10.1. The number of benzene rings is 1. The zero-order chi connectivity index (χ0) is 11.5. The fraction of sp³-hybridized carbons (Fsp3) is 0.182. The second-order valence-corrected chi connectivity index (χ2v) is 3.51. The fourth-order valence-electron chi connectivity index (χ4n) is 1.59. The van der Waals surface area contributed by atoms with Gasteiger partial charge in [0.1, 0.15) is 6.33 Å². The first kappa shape index (κ1) is 10.4. The molecule has 0 spiro atoms. The first-order valence-corrected chi connectivity index (χ1v) is 4.94. The summed E-state index contributed by atoms with van der Waals surface area (Å²) in [5, 5.41) is 7.40. The van der Waals surface area contributed by atoms with Crippen molar-refractivity contribution in [2.24, 2.45) is 5.73 Å². The highest BCUT2D eigenvalue weighted by Gasteiger charge is 2.15. The smallest absolute Gasteiger partial charge is 0.286 e. The zero-order valence-electron chi connectivity index (χ0n) is 8.87. The third-order valence-electron chi connectivity index (χ3n) is 2.49. The van der Waals surface area contributed by atoms with Gasteiger partial charge in [-0.1, -0.05) is 30.3 Å². The molecule has 0 bridgehead atoms. The van der Waals surface area contributed by atoms with E-state index in [4.69, 9.17) is 5.73 Å². The van der Waals surface area contributed by atoms with E-state index in [1.807, 2.05) is 37.3 Å². The Hall–Kier alpha value is -2.17. The van der Waals surface area contributed by atoms with Crippen LogP contribution in [0.5, 0.6) is 0 Å². The Bertz CT molecular complexity index is 492. The number of carbonyl (C=O) groups excluding carboxylic acids is 1. The molecule has 0 aliphatic heterocycles. The maximum Gasteiger partial charge on any atom is 0.286 e. The number of carbonyl (C=O) groups is 1. The highest BCUT2D eigenvalue weighted by Crippen LogP contribution is 2.17. The number of primary amides is 1. The summed E-state index contributed by atoms with van der Waals surface area (Å²) in [4.78, 5) is 11.1. The van der Waals surface area contributed by atoms with Gasteiger partial charge in [-0.05, 0) is 12.5 Å². The van der Waals surface area contributed by atoms with Gasteiger partial charge in [0, 0.05) is 0 Å². The van der Waals surface area contributed by atoms with Crippen LogP contribution in [0.4, 0.5) is 0 Å². The molecule has 1 unspecified atom stereocenters. The normalized spacial score (nSPS) is 12.3. The topological polar surface area (TPSA) is 73.8 Å². The molecule has 0 aliphatic carbocycles. The molecule has 0 fully saturated rings. The lowest BCUT2D eigenvalue weighted by molar-refractivity contribution is 0.0985. The molecule has 5 nitrogen and oxygen atoms in total. The predicted molar refractivity (Wildman–Crippen MR) is 58.8 cm³/mol. The highest BCUT2D eigenvalue weighted by atomic mass is 16.1. The van der Waals surface area contributed by atoms with E-state index < -0.39 is 5.91 Å². The molecule has 0 radical (unpaired) electrons. The van der Waals surface area contributed by atoms with Crippen molar-refractivity contribution in [3.05, 3.63) is 48.0 Å². The minimum absolute atomic E-state index is 0.0151. The van der Waals surface area contributed by atoms with Gasteiger partial charge in [-0.15, -0.1) is 10.2 Å². The van der Waals surface area contributed by atoms with Crippen molar-refractivity contribution in [3.63, 3.8) is 0 Å². The number of aromatic nitrogens is 3. The van der Waals surface area contributed by atoms with E-state index in [-0.39, 0.29) is 11.9 Å². The molecular formula is C11H12N4O. The van der Waals surface area contributed by atoms with Crippen LogP contribution >= 0.6 is 0 Å². The van der Waals surface area contributed by atoms with E-state index in [2.05, 4.69) is 10.2 Å². The molecule has 2 rings (SSSR count). The van der Waals surface area contributed by atoms with Crippen molar-refractivity contribution < 1.29 is 4.79 Å². The van der Waals surface area contributed by atoms with Gasteiger partial charge in [0.2, 0.25) is 5.82 Å². The molecule has 1 amide bonds. The van der Waals surface area contributed by atoms with Gasteiger partial charge in [0.15, 0.2) is 0 Å². The molecule has 16 heavy (non-hydrogen) atoms. The van der Waals surface area contributed by atoms with Crippen LogP contribution in [0.25, 0.3) is 0 Å². The van der Waals surface area contributed by atoms with Crippen molar-refractivity contribution in [1.29, 1.82) is 0 Å². The Balaban J connectivity index is 2.38. The Morgan fingerprint density at radius 3 is 2.69 bits per heavy atom. The van der Waals surface area contributed by atoms with Crippen LogP contribution in [0.15, 0.2) is 36.7 Å². The van der Waals surface area contributed by atoms with Gasteiger partial charge in [-0.2, -0.15) is 0 Å². The molecule has 0 saturated heterocycles. The lowest BCUT2D eigenvalue weighted by Crippen LogP contribution is -2.20. The van der Waals surface area contributed by atoms with Gasteiger partial charge in [0.05, 0.1) is 6.04 Å². The largest absolute Gasteiger partial charge is 0.363 e. The van der Waals surface area contributed by atoms with Gasteiger partial charge in [0.25, 0.3) is 5.91 Å². The maximum atomic E-state index is 11.1. The molecule has 1 aromatic carbocycles. The summed E-state index contributed by atoms with van der Waals surface area (Å²) in [5.41, 5.74) is 6.29. The van der Waals surface area contributed by atoms with Crippen molar-refractivity contribution in [3.8, 4) is 0 Å². The third kappa shape index (κ3) is 1.79. The van der Waals surface area contributed by atoms with Crippen LogP contribution in [0.3, 0.4) is 0 Å². The minimum Gasteiger partial charge on any atom is -0.363 e. The second-order valence-electron chi connectivity index (χ2n) is 3.51. The van der Waals surface area contributed by atoms with E-state index in [9.17, 15) is 4.79 Å². The first-order chi connectivity index (χ1) is 7.70. The van der Waals surface area contributed by atoms with Gasteiger partial charge >= 0.3 is 0 Å². The van der Waals surface area contributed by atoms with Crippen molar-refractivity contribution in [2.45, 2.75) is 13.0 Å². The molecule has 1 atom stereocenters. The Morgan fingerprint density at radius 1 is 1.38 bits per heavy atom. The number of amides is 1. The molecule has 2 aromatic rings. The third-order valence-corrected chi connectivity index (χ3v) is 2.49. The Labute approximate surface area is 92.9 Å². The summed E-state index contributed by atoms with van der Waals surface area (Å²) in [5.74, 6) is -0.392. The first-order valence-electron chi connectivity index (χ1n) is 4.94. The van der Waals surface area contributed by atoms with Gasteiger partial charge < -0.3 is 10.3 Å². The minimum atomic E-state index is -0.569. The summed E-state index contributed by atoms with van der Waals surface area (Å²) in [6.07, 6.45) is 1.51. The standard InChI is InChI=1S/C11H12N4O/c1-8(9-5-3-2-4-6-9)15-7-13-14-11(15)10(12)16/h2-8H,1H3,(H2,12,16). The van der Waals surface area contributed by atoms with Crippen molar-refractivity contribution in [1.82, 2.24) is 14.8 Å². The number of rotatable bonds is 3. The average Bonchev–Trinajstić information content (AvgIpc) is 2.78. The average molecular weight is 216 g/mol. The van der Waals surface area contributed by atoms with E-state index in [1.165, 1.54) is 6.33 Å². The van der Waals surface area contributed by atoms with Crippen LogP contribution < -0.4 is 5.73 Å². The van der Waals surface area contributed by atoms with Crippen LogP contribution in [0, 0.1) is 0 Å². The Morgan fingerprint density at radius 2 is 2.06 bits per heavy atom. The monoisotopic (exact) mass is 216 g/mol. The van der Waals surface area contributed by atoms with E-state index in [0.29, 0.717) is 0 Å². The van der Waals surface area contributed by atoms with Gasteiger partial charge in [-0.25, -0.2) is 0 Å². The summed E-state index contributed by atoms with van der Waals surface area (Å²) in [6, 6.07) is 9.78. The fourth-order valence-corrected chi connectivity index (χ4v) is 1.59. The molecule has 0 saturated carbocycles. The molecule has 82 valence electrons. The lowest BCUT2D eigenvalue weighted by Gasteiger charge is -2.14. The summed E-state index contributed by atoms with van der Waals surface area (Å²) < 4.78 is 1.66. The summed E-state index contributed by atoms with van der Waals surface area (Å²) in [7, 11) is 0. The highest BCUT2D eigenvalue weighted by molar-refractivity contribution is 5.89. The van der Waals surface area contributed by atoms with Crippen LogP contribution in [0.1, 0.15) is 29.1 Å². The summed E-state index contributed by atoms with van der Waals surface area (Å²) >= 11 is 0. The Kier molecular flexibility index (Phi) is 2.68. The molecule has 5 heteroatoms. The van der Waals surface area contributed by atoms with E-state index in [0.717, 1.165) is 5.56 Å². The summed E-state index contributed by atoms with van der Waals surface area (Å²) in [6.45, 7) is 1.96. The second kappa shape index (κ2) is 4.14. The van der Waals surface area contributed by atoms with E-state index >= 15 is 0 Å². The quantitative estimate of drug-likeness (QED) is 0.831. The van der Waals surface area contributed by atoms with E-state index in [1.54, 1.807) is 4.57 Å².